The summed E-state index contributed by atoms with van der Waals surface area (Å²) in [6, 6.07) is 11.5. The van der Waals surface area contributed by atoms with E-state index in [0.29, 0.717) is 26.3 Å². The maximum atomic E-state index is 11.8. The molecule has 0 heterocycles. The van der Waals surface area contributed by atoms with E-state index in [1.165, 1.54) is 0 Å². The minimum Gasteiger partial charge on any atom is -0.455 e. The molecule has 0 atom stereocenters. The van der Waals surface area contributed by atoms with E-state index < -0.39 is 18.5 Å². The van der Waals surface area contributed by atoms with Crippen LogP contribution in [0.25, 0.3) is 0 Å². The lowest BCUT2D eigenvalue weighted by Crippen LogP contribution is -2.21. The highest BCUT2D eigenvalue weighted by Gasteiger charge is 2.13. The zero-order chi connectivity index (χ0) is 16.8. The second kappa shape index (κ2) is 8.20. The number of hydrogen-bond donors (Lipinski definition) is 1. The minimum absolute atomic E-state index is 0.104. The van der Waals surface area contributed by atoms with Gasteiger partial charge in [-0.3, -0.25) is 9.59 Å². The molecule has 2 rings (SSSR count). The molecular weight excluding hydrogens is 361 g/mol. The Bertz CT molecular complexity index is 697. The average molecular weight is 373 g/mol. The Balaban J connectivity index is 1.84. The van der Waals surface area contributed by atoms with E-state index >= 15 is 0 Å². The van der Waals surface area contributed by atoms with Gasteiger partial charge in [0.15, 0.2) is 6.61 Å². The molecule has 0 unspecified atom stereocenters. The van der Waals surface area contributed by atoms with Crippen LogP contribution in [-0.2, 0) is 20.7 Å². The molecule has 0 aliphatic rings. The highest BCUT2D eigenvalue weighted by molar-refractivity contribution is 6.36. The summed E-state index contributed by atoms with van der Waals surface area (Å²) in [5, 5.41) is 3.90. The molecule has 2 aromatic carbocycles. The van der Waals surface area contributed by atoms with E-state index in [1.54, 1.807) is 42.5 Å². The number of rotatable bonds is 5. The summed E-state index contributed by atoms with van der Waals surface area (Å²) < 4.78 is 4.92. The van der Waals surface area contributed by atoms with Gasteiger partial charge < -0.3 is 10.1 Å². The lowest BCUT2D eigenvalue weighted by atomic mass is 10.1. The second-order valence-electron chi connectivity index (χ2n) is 4.59. The SMILES string of the molecule is O=C(COC(=O)Cc1c(Cl)cccc1Cl)Nc1ccc(Cl)cc1. The van der Waals surface area contributed by atoms with Crippen LogP contribution < -0.4 is 5.32 Å². The fraction of sp³-hybridized carbons (Fsp3) is 0.125. The van der Waals surface area contributed by atoms with Crippen LogP contribution in [0.5, 0.6) is 0 Å². The zero-order valence-electron chi connectivity index (χ0n) is 11.8. The Hall–Kier alpha value is -1.75. The molecule has 0 radical (unpaired) electrons. The van der Waals surface area contributed by atoms with Gasteiger partial charge in [0, 0.05) is 26.3 Å². The van der Waals surface area contributed by atoms with Crippen LogP contribution in [0.1, 0.15) is 5.56 Å². The number of carbonyl (C=O) groups is 2. The number of ether oxygens (including phenoxy) is 1. The van der Waals surface area contributed by atoms with E-state index in [4.69, 9.17) is 39.5 Å². The Kier molecular flexibility index (Phi) is 6.28. The van der Waals surface area contributed by atoms with Crippen molar-refractivity contribution in [1.82, 2.24) is 0 Å². The second-order valence-corrected chi connectivity index (χ2v) is 5.84. The molecule has 0 spiro atoms. The molecule has 0 aromatic heterocycles. The van der Waals surface area contributed by atoms with Crippen LogP contribution in [-0.4, -0.2) is 18.5 Å². The number of anilines is 1. The van der Waals surface area contributed by atoms with E-state index in [9.17, 15) is 9.59 Å². The van der Waals surface area contributed by atoms with Gasteiger partial charge in [0.25, 0.3) is 5.91 Å². The quantitative estimate of drug-likeness (QED) is 0.793. The number of nitrogens with one attached hydrogen (secondary N) is 1. The van der Waals surface area contributed by atoms with Crippen molar-refractivity contribution in [2.45, 2.75) is 6.42 Å². The van der Waals surface area contributed by atoms with Crippen molar-refractivity contribution in [3.8, 4) is 0 Å². The van der Waals surface area contributed by atoms with Gasteiger partial charge in [-0.1, -0.05) is 40.9 Å². The fourth-order valence-corrected chi connectivity index (χ4v) is 2.43. The van der Waals surface area contributed by atoms with E-state index in [0.717, 1.165) is 0 Å². The van der Waals surface area contributed by atoms with Crippen molar-refractivity contribution in [2.75, 3.05) is 11.9 Å². The van der Waals surface area contributed by atoms with Crippen molar-refractivity contribution >= 4 is 52.4 Å². The standard InChI is InChI=1S/C16H12Cl3NO3/c17-10-4-6-11(7-5-10)20-15(21)9-23-16(22)8-12-13(18)2-1-3-14(12)19/h1-7H,8-9H2,(H,20,21). The molecule has 0 aliphatic heterocycles. The zero-order valence-corrected chi connectivity index (χ0v) is 14.1. The first kappa shape index (κ1) is 17.6. The van der Waals surface area contributed by atoms with Crippen molar-refractivity contribution in [1.29, 1.82) is 0 Å². The van der Waals surface area contributed by atoms with Gasteiger partial charge >= 0.3 is 5.97 Å². The van der Waals surface area contributed by atoms with Crippen LogP contribution in [0, 0.1) is 0 Å². The topological polar surface area (TPSA) is 55.4 Å². The summed E-state index contributed by atoms with van der Waals surface area (Å²) in [5.41, 5.74) is 1.03. The highest BCUT2D eigenvalue weighted by atomic mass is 35.5. The molecule has 0 saturated carbocycles. The summed E-state index contributed by atoms with van der Waals surface area (Å²) in [5.74, 6) is -1.04. The Labute approximate surface area is 148 Å². The molecule has 0 bridgehead atoms. The third-order valence-corrected chi connectivity index (χ3v) is 3.84. The first-order valence-electron chi connectivity index (χ1n) is 6.59. The summed E-state index contributed by atoms with van der Waals surface area (Å²) in [6.45, 7) is -0.399. The number of carbonyl (C=O) groups excluding carboxylic acids is 2. The minimum atomic E-state index is -0.591. The third kappa shape index (κ3) is 5.43. The first-order valence-corrected chi connectivity index (χ1v) is 7.73. The largest absolute Gasteiger partial charge is 0.455 e. The van der Waals surface area contributed by atoms with E-state index in [1.807, 2.05) is 0 Å². The van der Waals surface area contributed by atoms with Crippen molar-refractivity contribution < 1.29 is 14.3 Å². The van der Waals surface area contributed by atoms with Crippen LogP contribution in [0.3, 0.4) is 0 Å². The number of benzene rings is 2. The van der Waals surface area contributed by atoms with Crippen LogP contribution in [0.2, 0.25) is 15.1 Å². The number of halogens is 3. The van der Waals surface area contributed by atoms with Crippen molar-refractivity contribution in [2.24, 2.45) is 0 Å². The fourth-order valence-electron chi connectivity index (χ4n) is 1.77. The predicted octanol–water partition coefficient (Wildman–Crippen LogP) is 4.37. The molecule has 7 heteroatoms. The summed E-state index contributed by atoms with van der Waals surface area (Å²) in [6.07, 6.45) is -0.104. The van der Waals surface area contributed by atoms with Crippen molar-refractivity contribution in [3.63, 3.8) is 0 Å². The smallest absolute Gasteiger partial charge is 0.310 e. The lowest BCUT2D eigenvalue weighted by molar-refractivity contribution is -0.146. The Morgan fingerprint density at radius 2 is 1.57 bits per heavy atom. The van der Waals surface area contributed by atoms with Gasteiger partial charge in [0.05, 0.1) is 6.42 Å². The van der Waals surface area contributed by atoms with Gasteiger partial charge in [-0.25, -0.2) is 0 Å². The summed E-state index contributed by atoms with van der Waals surface area (Å²) in [7, 11) is 0. The summed E-state index contributed by atoms with van der Waals surface area (Å²) >= 11 is 17.7. The first-order chi connectivity index (χ1) is 11.0. The van der Waals surface area contributed by atoms with Crippen LogP contribution in [0.4, 0.5) is 5.69 Å². The molecule has 0 aliphatic carbocycles. The maximum Gasteiger partial charge on any atom is 0.310 e. The normalized spacial score (nSPS) is 10.2. The molecule has 0 saturated heterocycles. The van der Waals surface area contributed by atoms with Crippen LogP contribution >= 0.6 is 34.8 Å². The predicted molar refractivity (Wildman–Crippen MR) is 91.2 cm³/mol. The highest BCUT2D eigenvalue weighted by Crippen LogP contribution is 2.24. The molecule has 4 nitrogen and oxygen atoms in total. The molecular formula is C16H12Cl3NO3. The Morgan fingerprint density at radius 3 is 2.17 bits per heavy atom. The molecule has 2 aromatic rings. The lowest BCUT2D eigenvalue weighted by Gasteiger charge is -2.08. The van der Waals surface area contributed by atoms with Gasteiger partial charge in [0.2, 0.25) is 0 Å². The maximum absolute atomic E-state index is 11.8. The van der Waals surface area contributed by atoms with Gasteiger partial charge in [0.1, 0.15) is 0 Å². The van der Waals surface area contributed by atoms with E-state index in [2.05, 4.69) is 5.32 Å². The average Bonchev–Trinajstić information content (AvgIpc) is 2.51. The monoisotopic (exact) mass is 371 g/mol. The number of esters is 1. The molecule has 0 fully saturated rings. The molecule has 23 heavy (non-hydrogen) atoms. The van der Waals surface area contributed by atoms with Gasteiger partial charge in [-0.15, -0.1) is 0 Å². The van der Waals surface area contributed by atoms with Crippen molar-refractivity contribution in [3.05, 3.63) is 63.1 Å². The number of amides is 1. The van der Waals surface area contributed by atoms with Gasteiger partial charge in [-0.2, -0.15) is 0 Å². The summed E-state index contributed by atoms with van der Waals surface area (Å²) in [4.78, 5) is 23.5. The van der Waals surface area contributed by atoms with Gasteiger partial charge in [-0.05, 0) is 36.4 Å². The van der Waals surface area contributed by atoms with E-state index in [-0.39, 0.29) is 6.42 Å². The number of hydrogen-bond acceptors (Lipinski definition) is 3. The molecule has 1 N–H and O–H groups in total. The molecule has 120 valence electrons. The molecule has 1 amide bonds. The van der Waals surface area contributed by atoms with Crippen LogP contribution in [0.15, 0.2) is 42.5 Å². The third-order valence-electron chi connectivity index (χ3n) is 2.88. The Morgan fingerprint density at radius 1 is 0.957 bits per heavy atom.